The largest absolute Gasteiger partial charge is 0.415 e. The number of nitrogens with one attached hydrogen (secondary N) is 2. The number of nitrogens with zero attached hydrogens (tertiary/aromatic N) is 2. The Morgan fingerprint density at radius 1 is 1.09 bits per heavy atom. The summed E-state index contributed by atoms with van der Waals surface area (Å²) in [5, 5.41) is 3.84. The number of hydrogen-bond donors (Lipinski definition) is 2. The van der Waals surface area contributed by atoms with Gasteiger partial charge in [-0.2, -0.15) is 0 Å². The Balaban J connectivity index is 1.26. The number of para-hydroxylation sites is 1. The van der Waals surface area contributed by atoms with Crippen molar-refractivity contribution in [2.75, 3.05) is 19.6 Å². The Morgan fingerprint density at radius 3 is 2.69 bits per heavy atom. The fraction of sp³-hybridized carbons (Fsp3) is 0.261. The van der Waals surface area contributed by atoms with Gasteiger partial charge < -0.3 is 24.8 Å². The van der Waals surface area contributed by atoms with E-state index in [9.17, 15) is 18.8 Å². The van der Waals surface area contributed by atoms with Crippen LogP contribution in [0.1, 0.15) is 5.56 Å². The van der Waals surface area contributed by atoms with Gasteiger partial charge in [0.2, 0.25) is 11.8 Å². The number of benzene rings is 2. The van der Waals surface area contributed by atoms with Gasteiger partial charge in [0.05, 0.1) is 6.54 Å². The van der Waals surface area contributed by atoms with E-state index in [1.807, 2.05) is 30.5 Å². The number of amides is 3. The number of piperazine rings is 2. The third kappa shape index (κ3) is 3.66. The summed E-state index contributed by atoms with van der Waals surface area (Å²) in [6.07, 6.45) is 1.60. The van der Waals surface area contributed by atoms with Crippen LogP contribution in [0.15, 0.2) is 54.7 Å². The Bertz CT molecular complexity index is 1190. The van der Waals surface area contributed by atoms with Crippen molar-refractivity contribution in [3.8, 4) is 5.75 Å². The molecule has 3 amide bonds. The Labute approximate surface area is 182 Å². The van der Waals surface area contributed by atoms with E-state index in [-0.39, 0.29) is 37.2 Å². The second-order valence-corrected chi connectivity index (χ2v) is 7.94. The van der Waals surface area contributed by atoms with Gasteiger partial charge in [0.1, 0.15) is 23.7 Å². The van der Waals surface area contributed by atoms with Crippen molar-refractivity contribution in [2.24, 2.45) is 0 Å². The number of H-pyrrole nitrogens is 1. The summed E-state index contributed by atoms with van der Waals surface area (Å²) in [7, 11) is 0. The molecule has 3 heterocycles. The molecule has 2 fully saturated rings. The van der Waals surface area contributed by atoms with Gasteiger partial charge in [0, 0.05) is 36.6 Å². The molecule has 3 aromatic rings. The molecule has 2 saturated heterocycles. The van der Waals surface area contributed by atoms with E-state index < -0.39 is 24.0 Å². The molecule has 2 aliphatic heterocycles. The van der Waals surface area contributed by atoms with Crippen LogP contribution in [0.3, 0.4) is 0 Å². The van der Waals surface area contributed by atoms with Crippen LogP contribution in [-0.2, 0) is 16.0 Å². The molecule has 0 saturated carbocycles. The molecule has 8 nitrogen and oxygen atoms in total. The minimum Gasteiger partial charge on any atom is -0.410 e. The van der Waals surface area contributed by atoms with Crippen LogP contribution in [0.2, 0.25) is 0 Å². The lowest BCUT2D eigenvalue weighted by atomic mass is 9.98. The molecule has 0 radical (unpaired) electrons. The SMILES string of the molecule is O=C1N[C@@H](Cc2c[nH]c3ccccc23)C(=O)N2CCN(C(=O)Oc3ccc(F)cc3)C[C@H]12. The molecule has 0 spiro atoms. The lowest BCUT2D eigenvalue weighted by Crippen LogP contribution is -2.70. The molecule has 0 aliphatic carbocycles. The lowest BCUT2D eigenvalue weighted by molar-refractivity contribution is -0.152. The van der Waals surface area contributed by atoms with Crippen LogP contribution in [0.4, 0.5) is 9.18 Å². The number of rotatable bonds is 3. The molecule has 2 atom stereocenters. The second-order valence-electron chi connectivity index (χ2n) is 7.94. The maximum atomic E-state index is 13.1. The van der Waals surface area contributed by atoms with E-state index in [2.05, 4.69) is 10.3 Å². The molecule has 5 rings (SSSR count). The highest BCUT2D eigenvalue weighted by molar-refractivity contribution is 5.98. The molecule has 0 unspecified atom stereocenters. The Morgan fingerprint density at radius 2 is 1.88 bits per heavy atom. The standard InChI is InChI=1S/C23H21FN4O4/c24-15-5-7-16(8-6-15)32-23(31)27-9-10-28-20(13-27)21(29)26-19(22(28)30)11-14-12-25-18-4-2-1-3-17(14)18/h1-8,12,19-20,25H,9-11,13H2,(H,26,29)/t19-,20+/m0/s1. The van der Waals surface area contributed by atoms with Crippen molar-refractivity contribution < 1.29 is 23.5 Å². The molecular weight excluding hydrogens is 415 g/mol. The highest BCUT2D eigenvalue weighted by Gasteiger charge is 2.44. The van der Waals surface area contributed by atoms with Crippen LogP contribution in [0.5, 0.6) is 5.75 Å². The quantitative estimate of drug-likeness (QED) is 0.657. The number of carbonyl (C=O) groups is 3. The van der Waals surface area contributed by atoms with Crippen LogP contribution >= 0.6 is 0 Å². The minimum atomic E-state index is -0.767. The third-order valence-electron chi connectivity index (χ3n) is 5.96. The average molecular weight is 436 g/mol. The van der Waals surface area contributed by atoms with E-state index in [1.165, 1.54) is 29.2 Å². The Hall–Kier alpha value is -3.88. The van der Waals surface area contributed by atoms with Crippen LogP contribution in [0, 0.1) is 5.82 Å². The number of aromatic nitrogens is 1. The van der Waals surface area contributed by atoms with Gasteiger partial charge in [0.15, 0.2) is 0 Å². The summed E-state index contributed by atoms with van der Waals surface area (Å²) in [5.74, 6) is -0.681. The van der Waals surface area contributed by atoms with Gasteiger partial charge in [-0.3, -0.25) is 9.59 Å². The zero-order chi connectivity index (χ0) is 22.2. The summed E-state index contributed by atoms with van der Waals surface area (Å²) in [5.41, 5.74) is 1.93. The molecule has 2 aliphatic rings. The van der Waals surface area contributed by atoms with Gasteiger partial charge in [-0.25, -0.2) is 9.18 Å². The maximum absolute atomic E-state index is 13.1. The van der Waals surface area contributed by atoms with Gasteiger partial charge >= 0.3 is 6.09 Å². The molecule has 32 heavy (non-hydrogen) atoms. The molecule has 164 valence electrons. The summed E-state index contributed by atoms with van der Waals surface area (Å²) >= 11 is 0. The van der Waals surface area contributed by atoms with Gasteiger partial charge in [-0.1, -0.05) is 18.2 Å². The number of halogens is 1. The van der Waals surface area contributed by atoms with E-state index in [0.29, 0.717) is 6.42 Å². The minimum absolute atomic E-state index is 0.0391. The topological polar surface area (TPSA) is 94.7 Å². The summed E-state index contributed by atoms with van der Waals surface area (Å²) < 4.78 is 18.3. The number of fused-ring (bicyclic) bond motifs is 2. The normalized spacial score (nSPS) is 20.8. The monoisotopic (exact) mass is 436 g/mol. The molecule has 0 bridgehead atoms. The van der Waals surface area contributed by atoms with Crippen molar-refractivity contribution >= 4 is 28.8 Å². The number of aromatic amines is 1. The summed E-state index contributed by atoms with van der Waals surface area (Å²) in [6, 6.07) is 11.5. The first-order valence-electron chi connectivity index (χ1n) is 10.4. The Kier molecular flexibility index (Phi) is 5.01. The molecular formula is C23H21FN4O4. The van der Waals surface area contributed by atoms with Crippen LogP contribution in [0.25, 0.3) is 10.9 Å². The second kappa shape index (κ2) is 7.99. The number of carbonyl (C=O) groups excluding carboxylic acids is 3. The van der Waals surface area contributed by atoms with E-state index in [0.717, 1.165) is 16.5 Å². The first kappa shape index (κ1) is 20.0. The summed E-state index contributed by atoms with van der Waals surface area (Å²) in [6.45, 7) is 0.520. The molecule has 2 aromatic carbocycles. The van der Waals surface area contributed by atoms with Crippen LogP contribution in [-0.4, -0.2) is 64.4 Å². The predicted molar refractivity (Wildman–Crippen MR) is 113 cm³/mol. The van der Waals surface area contributed by atoms with Crippen molar-refractivity contribution in [1.82, 2.24) is 20.1 Å². The third-order valence-corrected chi connectivity index (χ3v) is 5.96. The number of ether oxygens (including phenoxy) is 1. The fourth-order valence-corrected chi connectivity index (χ4v) is 4.29. The number of hydrogen-bond acceptors (Lipinski definition) is 4. The van der Waals surface area contributed by atoms with Gasteiger partial charge in [-0.05, 0) is 35.9 Å². The van der Waals surface area contributed by atoms with Gasteiger partial charge in [-0.15, -0.1) is 0 Å². The zero-order valence-electron chi connectivity index (χ0n) is 17.1. The molecule has 2 N–H and O–H groups in total. The van der Waals surface area contributed by atoms with Gasteiger partial charge in [0.25, 0.3) is 0 Å². The first-order valence-corrected chi connectivity index (χ1v) is 10.4. The molecule has 1 aromatic heterocycles. The van der Waals surface area contributed by atoms with Crippen molar-refractivity contribution in [1.29, 1.82) is 0 Å². The van der Waals surface area contributed by atoms with E-state index in [1.54, 1.807) is 4.90 Å². The predicted octanol–water partition coefficient (Wildman–Crippen LogP) is 2.06. The highest BCUT2D eigenvalue weighted by Crippen LogP contribution is 2.23. The van der Waals surface area contributed by atoms with Crippen molar-refractivity contribution in [2.45, 2.75) is 18.5 Å². The highest BCUT2D eigenvalue weighted by atomic mass is 19.1. The molecule has 9 heteroatoms. The van der Waals surface area contributed by atoms with Crippen molar-refractivity contribution in [3.05, 3.63) is 66.1 Å². The first-order chi connectivity index (χ1) is 15.5. The lowest BCUT2D eigenvalue weighted by Gasteiger charge is -2.44. The zero-order valence-corrected chi connectivity index (χ0v) is 17.1. The fourth-order valence-electron chi connectivity index (χ4n) is 4.29. The smallest absolute Gasteiger partial charge is 0.410 e. The van der Waals surface area contributed by atoms with E-state index >= 15 is 0 Å². The average Bonchev–Trinajstić information content (AvgIpc) is 3.21. The maximum Gasteiger partial charge on any atom is 0.415 e. The van der Waals surface area contributed by atoms with Crippen LogP contribution < -0.4 is 10.1 Å². The summed E-state index contributed by atoms with van der Waals surface area (Å²) in [4.78, 5) is 44.5. The van der Waals surface area contributed by atoms with Crippen molar-refractivity contribution in [3.63, 3.8) is 0 Å². The van der Waals surface area contributed by atoms with E-state index in [4.69, 9.17) is 4.74 Å².